The van der Waals surface area contributed by atoms with E-state index in [2.05, 4.69) is 0 Å². The van der Waals surface area contributed by atoms with Gasteiger partial charge in [-0.3, -0.25) is 0 Å². The molecule has 2 aromatic rings. The average molecular weight is 260 g/mol. The van der Waals surface area contributed by atoms with Gasteiger partial charge in [-0.15, -0.1) is 0 Å². The summed E-state index contributed by atoms with van der Waals surface area (Å²) < 4.78 is 16.1. The Bertz CT molecular complexity index is 663. The molecule has 0 atom stereocenters. The standard InChI is InChI=1S/C15H16O4/c1-10(2)8-9-18-15-12(17-3)6-4-11-5-7-13(16)19-14(11)15/h4-8H,9H2,1-3H3. The lowest BCUT2D eigenvalue weighted by Gasteiger charge is -2.11. The normalized spacial score (nSPS) is 10.3. The Morgan fingerprint density at radius 2 is 2.00 bits per heavy atom. The fourth-order valence-corrected chi connectivity index (χ4v) is 1.68. The topological polar surface area (TPSA) is 48.7 Å². The van der Waals surface area contributed by atoms with E-state index in [0.717, 1.165) is 11.0 Å². The van der Waals surface area contributed by atoms with Crippen molar-refractivity contribution < 1.29 is 13.9 Å². The van der Waals surface area contributed by atoms with Crippen molar-refractivity contribution in [1.82, 2.24) is 0 Å². The van der Waals surface area contributed by atoms with Crippen molar-refractivity contribution in [3.63, 3.8) is 0 Å². The SMILES string of the molecule is COc1ccc2ccc(=O)oc2c1OCC=C(C)C. The Balaban J connectivity index is 2.50. The van der Waals surface area contributed by atoms with Crippen LogP contribution in [-0.2, 0) is 0 Å². The number of allylic oxidation sites excluding steroid dienone is 1. The highest BCUT2D eigenvalue weighted by Gasteiger charge is 2.12. The zero-order valence-corrected chi connectivity index (χ0v) is 11.2. The van der Waals surface area contributed by atoms with Gasteiger partial charge in [-0.05, 0) is 38.1 Å². The molecule has 1 aromatic heterocycles. The Morgan fingerprint density at radius 1 is 1.26 bits per heavy atom. The summed E-state index contributed by atoms with van der Waals surface area (Å²) in [6.07, 6.45) is 1.94. The van der Waals surface area contributed by atoms with Crippen LogP contribution >= 0.6 is 0 Å². The van der Waals surface area contributed by atoms with E-state index in [9.17, 15) is 4.79 Å². The summed E-state index contributed by atoms with van der Waals surface area (Å²) in [7, 11) is 1.55. The summed E-state index contributed by atoms with van der Waals surface area (Å²) in [4.78, 5) is 11.3. The van der Waals surface area contributed by atoms with Crippen LogP contribution in [-0.4, -0.2) is 13.7 Å². The van der Waals surface area contributed by atoms with Crippen molar-refractivity contribution in [2.24, 2.45) is 0 Å². The van der Waals surface area contributed by atoms with Gasteiger partial charge in [0.05, 0.1) is 7.11 Å². The molecule has 4 nitrogen and oxygen atoms in total. The molecular formula is C15H16O4. The summed E-state index contributed by atoms with van der Waals surface area (Å²) in [5, 5.41) is 0.799. The van der Waals surface area contributed by atoms with Gasteiger partial charge >= 0.3 is 5.63 Å². The van der Waals surface area contributed by atoms with E-state index in [1.165, 1.54) is 6.07 Å². The molecule has 1 heterocycles. The zero-order valence-electron chi connectivity index (χ0n) is 11.2. The van der Waals surface area contributed by atoms with Crippen molar-refractivity contribution in [3.05, 3.63) is 46.3 Å². The average Bonchev–Trinajstić information content (AvgIpc) is 2.38. The van der Waals surface area contributed by atoms with Gasteiger partial charge in [0.25, 0.3) is 0 Å². The lowest BCUT2D eigenvalue weighted by molar-refractivity contribution is 0.323. The third-order valence-electron chi connectivity index (χ3n) is 2.65. The molecule has 0 spiro atoms. The molecule has 2 rings (SSSR count). The molecule has 1 aromatic carbocycles. The number of fused-ring (bicyclic) bond motifs is 1. The molecule has 0 unspecified atom stereocenters. The van der Waals surface area contributed by atoms with Gasteiger partial charge in [0.2, 0.25) is 5.75 Å². The van der Waals surface area contributed by atoms with Gasteiger partial charge in [0.1, 0.15) is 6.61 Å². The number of benzene rings is 1. The summed E-state index contributed by atoms with van der Waals surface area (Å²) >= 11 is 0. The smallest absolute Gasteiger partial charge is 0.336 e. The molecule has 4 heteroatoms. The highest BCUT2D eigenvalue weighted by molar-refractivity contribution is 5.85. The molecule has 0 bridgehead atoms. The first kappa shape index (κ1) is 13.2. The molecule has 0 fully saturated rings. The second kappa shape index (κ2) is 5.61. The molecule has 100 valence electrons. The Hall–Kier alpha value is -2.23. The second-order valence-corrected chi connectivity index (χ2v) is 4.36. The fraction of sp³-hybridized carbons (Fsp3) is 0.267. The van der Waals surface area contributed by atoms with Crippen LogP contribution in [0.5, 0.6) is 11.5 Å². The van der Waals surface area contributed by atoms with Crippen molar-refractivity contribution in [3.8, 4) is 11.5 Å². The summed E-state index contributed by atoms with van der Waals surface area (Å²) in [5.74, 6) is 0.999. The first-order valence-corrected chi connectivity index (χ1v) is 5.99. The van der Waals surface area contributed by atoms with Gasteiger partial charge in [0.15, 0.2) is 11.3 Å². The first-order valence-electron chi connectivity index (χ1n) is 5.99. The maximum absolute atomic E-state index is 11.3. The van der Waals surface area contributed by atoms with Gasteiger partial charge in [0, 0.05) is 11.5 Å². The first-order chi connectivity index (χ1) is 9.11. The second-order valence-electron chi connectivity index (χ2n) is 4.36. The maximum atomic E-state index is 11.3. The van der Waals surface area contributed by atoms with Gasteiger partial charge in [-0.1, -0.05) is 5.57 Å². The van der Waals surface area contributed by atoms with E-state index in [-0.39, 0.29) is 0 Å². The van der Waals surface area contributed by atoms with E-state index >= 15 is 0 Å². The van der Waals surface area contributed by atoms with E-state index in [4.69, 9.17) is 13.9 Å². The van der Waals surface area contributed by atoms with Crippen LogP contribution in [0.1, 0.15) is 13.8 Å². The quantitative estimate of drug-likeness (QED) is 0.626. The predicted octanol–water partition coefficient (Wildman–Crippen LogP) is 3.15. The Labute approximate surface area is 111 Å². The highest BCUT2D eigenvalue weighted by atomic mass is 16.5. The van der Waals surface area contributed by atoms with Crippen molar-refractivity contribution in [2.45, 2.75) is 13.8 Å². The number of methoxy groups -OCH3 is 1. The number of hydrogen-bond acceptors (Lipinski definition) is 4. The molecular weight excluding hydrogens is 244 g/mol. The summed E-state index contributed by atoms with van der Waals surface area (Å²) in [6, 6.07) is 6.70. The van der Waals surface area contributed by atoms with Crippen molar-refractivity contribution in [2.75, 3.05) is 13.7 Å². The van der Waals surface area contributed by atoms with Crippen LogP contribution in [0.25, 0.3) is 11.0 Å². The Morgan fingerprint density at radius 3 is 2.68 bits per heavy atom. The molecule has 0 amide bonds. The van der Waals surface area contributed by atoms with Crippen LogP contribution in [0, 0.1) is 0 Å². The number of hydrogen-bond donors (Lipinski definition) is 0. The molecule has 19 heavy (non-hydrogen) atoms. The summed E-state index contributed by atoms with van der Waals surface area (Å²) in [5.41, 5.74) is 1.16. The predicted molar refractivity (Wildman–Crippen MR) is 74.0 cm³/mol. The van der Waals surface area contributed by atoms with E-state index in [0.29, 0.717) is 23.7 Å². The zero-order chi connectivity index (χ0) is 13.8. The van der Waals surface area contributed by atoms with Crippen LogP contribution in [0.15, 0.2) is 45.1 Å². The van der Waals surface area contributed by atoms with Crippen LogP contribution in [0.3, 0.4) is 0 Å². The fourth-order valence-electron chi connectivity index (χ4n) is 1.68. The molecule has 0 aliphatic carbocycles. The van der Waals surface area contributed by atoms with E-state index < -0.39 is 5.63 Å². The van der Waals surface area contributed by atoms with Crippen LogP contribution in [0.2, 0.25) is 0 Å². The number of ether oxygens (including phenoxy) is 2. The van der Waals surface area contributed by atoms with Crippen LogP contribution < -0.4 is 15.1 Å². The van der Waals surface area contributed by atoms with Gasteiger partial charge in [-0.25, -0.2) is 4.79 Å². The highest BCUT2D eigenvalue weighted by Crippen LogP contribution is 2.34. The molecule has 0 N–H and O–H groups in total. The minimum absolute atomic E-state index is 0.399. The molecule has 0 saturated carbocycles. The van der Waals surface area contributed by atoms with Gasteiger partial charge in [-0.2, -0.15) is 0 Å². The van der Waals surface area contributed by atoms with Gasteiger partial charge < -0.3 is 13.9 Å². The molecule has 0 radical (unpaired) electrons. The third-order valence-corrected chi connectivity index (χ3v) is 2.65. The monoisotopic (exact) mass is 260 g/mol. The lowest BCUT2D eigenvalue weighted by atomic mass is 10.2. The number of rotatable bonds is 4. The maximum Gasteiger partial charge on any atom is 0.336 e. The molecule has 0 aliphatic heterocycles. The van der Waals surface area contributed by atoms with Crippen molar-refractivity contribution >= 4 is 11.0 Å². The third kappa shape index (κ3) is 2.96. The molecule has 0 saturated heterocycles. The van der Waals surface area contributed by atoms with Crippen molar-refractivity contribution in [1.29, 1.82) is 0 Å². The van der Waals surface area contributed by atoms with E-state index in [1.807, 2.05) is 26.0 Å². The molecule has 0 aliphatic rings. The minimum atomic E-state index is -0.409. The summed E-state index contributed by atoms with van der Waals surface area (Å²) in [6.45, 7) is 4.38. The Kier molecular flexibility index (Phi) is 3.90. The lowest BCUT2D eigenvalue weighted by Crippen LogP contribution is -2.01. The largest absolute Gasteiger partial charge is 0.493 e. The minimum Gasteiger partial charge on any atom is -0.493 e. The van der Waals surface area contributed by atoms with E-state index in [1.54, 1.807) is 19.2 Å². The van der Waals surface area contributed by atoms with Crippen LogP contribution in [0.4, 0.5) is 0 Å².